The van der Waals surface area contributed by atoms with Crippen LogP contribution in [0.15, 0.2) is 29.2 Å². The summed E-state index contributed by atoms with van der Waals surface area (Å²) in [6.07, 6.45) is -2.10. The highest BCUT2D eigenvalue weighted by molar-refractivity contribution is 7.89. The maximum absolute atomic E-state index is 12.9. The minimum absolute atomic E-state index is 0.0448. The van der Waals surface area contributed by atoms with Crippen LogP contribution in [0.3, 0.4) is 0 Å². The molecule has 1 aromatic rings. The van der Waals surface area contributed by atoms with E-state index in [0.29, 0.717) is 0 Å². The van der Waals surface area contributed by atoms with Gasteiger partial charge in [0, 0.05) is 0 Å². The Morgan fingerprint density at radius 1 is 0.914 bits per heavy atom. The summed E-state index contributed by atoms with van der Waals surface area (Å²) in [5.41, 5.74) is 0.781. The molecule has 196 valence electrons. The number of esters is 2. The van der Waals surface area contributed by atoms with Gasteiger partial charge in [-0.25, -0.2) is 18.0 Å². The number of carbonyl (C=O) groups is 4. The van der Waals surface area contributed by atoms with Gasteiger partial charge in [-0.2, -0.15) is 4.72 Å². The molecule has 0 spiro atoms. The molecule has 35 heavy (non-hydrogen) atoms. The smallest absolute Gasteiger partial charge is 0.328 e. The summed E-state index contributed by atoms with van der Waals surface area (Å²) in [6.45, 7) is 6.60. The topological polar surface area (TPSA) is 177 Å². The van der Waals surface area contributed by atoms with Crippen molar-refractivity contribution in [3.8, 4) is 0 Å². The van der Waals surface area contributed by atoms with Gasteiger partial charge in [0.1, 0.15) is 18.1 Å². The summed E-state index contributed by atoms with van der Waals surface area (Å²) in [6, 6.07) is 1.22. The fraction of sp³-hybridized carbons (Fsp3) is 0.545. The van der Waals surface area contributed by atoms with Crippen molar-refractivity contribution in [1.29, 1.82) is 0 Å². The number of amides is 2. The van der Waals surface area contributed by atoms with Gasteiger partial charge in [-0.1, -0.05) is 31.5 Å². The molecule has 0 saturated carbocycles. The number of nitrogens with one attached hydrogen (secondary N) is 3. The molecule has 1 rings (SSSR count). The Morgan fingerprint density at radius 3 is 1.94 bits per heavy atom. The van der Waals surface area contributed by atoms with Crippen molar-refractivity contribution in [3.63, 3.8) is 0 Å². The number of rotatable bonds is 12. The van der Waals surface area contributed by atoms with Crippen LogP contribution in [0.5, 0.6) is 0 Å². The molecule has 0 aliphatic rings. The fourth-order valence-electron chi connectivity index (χ4n) is 2.99. The molecule has 0 aliphatic carbocycles. The highest BCUT2D eigenvalue weighted by Gasteiger charge is 2.38. The first-order chi connectivity index (χ1) is 16.2. The molecule has 4 N–H and O–H groups in total. The molecule has 0 aliphatic heterocycles. The largest absolute Gasteiger partial charge is 0.467 e. The minimum atomic E-state index is -4.39. The zero-order valence-corrected chi connectivity index (χ0v) is 21.3. The van der Waals surface area contributed by atoms with Gasteiger partial charge in [-0.05, 0) is 38.3 Å². The normalized spacial score (nSPS) is 14.9. The molecule has 1 aromatic carbocycles. The summed E-state index contributed by atoms with van der Waals surface area (Å²) < 4.78 is 37.0. The van der Waals surface area contributed by atoms with Crippen LogP contribution in [0.2, 0.25) is 0 Å². The SMILES string of the molecule is COC(=O)[C@H](C)NC(=O)[C@@H](NS(=O)(=O)c1ccc(C)cc1)[C@H](O)C(=O)N[C@@H](CC(C)C)C(=O)OC. The number of ether oxygens (including phenoxy) is 2. The lowest BCUT2D eigenvalue weighted by Gasteiger charge is -2.26. The molecule has 0 fully saturated rings. The van der Waals surface area contributed by atoms with Gasteiger partial charge in [-0.15, -0.1) is 0 Å². The lowest BCUT2D eigenvalue weighted by Crippen LogP contribution is -2.60. The average Bonchev–Trinajstić information content (AvgIpc) is 2.80. The summed E-state index contributed by atoms with van der Waals surface area (Å²) in [5, 5.41) is 15.2. The molecule has 2 amide bonds. The summed E-state index contributed by atoms with van der Waals surface area (Å²) >= 11 is 0. The Labute approximate surface area is 204 Å². The monoisotopic (exact) mass is 515 g/mol. The lowest BCUT2D eigenvalue weighted by molar-refractivity contribution is -0.148. The highest BCUT2D eigenvalue weighted by atomic mass is 32.2. The molecule has 12 nitrogen and oxygen atoms in total. The van der Waals surface area contributed by atoms with Gasteiger partial charge < -0.3 is 25.2 Å². The van der Waals surface area contributed by atoms with Crippen molar-refractivity contribution < 1.29 is 42.2 Å². The van der Waals surface area contributed by atoms with E-state index >= 15 is 0 Å². The number of hydrogen-bond donors (Lipinski definition) is 4. The van der Waals surface area contributed by atoms with Crippen LogP contribution in [0.1, 0.15) is 32.8 Å². The first-order valence-electron chi connectivity index (χ1n) is 10.8. The first kappa shape index (κ1) is 30.0. The van der Waals surface area contributed by atoms with E-state index in [-0.39, 0.29) is 17.2 Å². The van der Waals surface area contributed by atoms with E-state index in [0.717, 1.165) is 19.8 Å². The van der Waals surface area contributed by atoms with Crippen LogP contribution in [0.25, 0.3) is 0 Å². The van der Waals surface area contributed by atoms with E-state index in [9.17, 15) is 32.7 Å². The van der Waals surface area contributed by atoms with Crippen LogP contribution >= 0.6 is 0 Å². The van der Waals surface area contributed by atoms with E-state index in [4.69, 9.17) is 0 Å². The zero-order chi connectivity index (χ0) is 26.9. The maximum atomic E-state index is 12.9. The van der Waals surface area contributed by atoms with Crippen LogP contribution in [-0.4, -0.2) is 75.7 Å². The van der Waals surface area contributed by atoms with Crippen molar-refractivity contribution in [2.45, 2.75) is 63.2 Å². The van der Waals surface area contributed by atoms with Crippen molar-refractivity contribution in [3.05, 3.63) is 29.8 Å². The Balaban J connectivity index is 3.27. The number of aliphatic hydroxyl groups excluding tert-OH is 1. The van der Waals surface area contributed by atoms with Gasteiger partial charge in [0.25, 0.3) is 5.91 Å². The van der Waals surface area contributed by atoms with E-state index in [1.54, 1.807) is 20.8 Å². The second-order valence-electron chi connectivity index (χ2n) is 8.32. The van der Waals surface area contributed by atoms with Gasteiger partial charge in [0.05, 0.1) is 19.1 Å². The fourth-order valence-corrected chi connectivity index (χ4v) is 4.19. The van der Waals surface area contributed by atoms with Crippen molar-refractivity contribution in [2.24, 2.45) is 5.92 Å². The molecule has 4 atom stereocenters. The Hall–Kier alpha value is -3.03. The second kappa shape index (κ2) is 13.2. The number of hydrogen-bond acceptors (Lipinski definition) is 9. The second-order valence-corrected chi connectivity index (χ2v) is 10.0. The van der Waals surface area contributed by atoms with Gasteiger partial charge >= 0.3 is 11.9 Å². The predicted molar refractivity (Wildman–Crippen MR) is 124 cm³/mol. The standard InChI is InChI=1S/C22H33N3O9S/c1-12(2)11-16(22(30)34-6)24-20(28)18(26)17(19(27)23-14(4)21(29)33-5)25-35(31,32)15-9-7-13(3)8-10-15/h7-10,12,14,16-18,25-26H,11H2,1-6H3,(H,23,27)(H,24,28)/t14-,16-,17-,18-/m0/s1. The average molecular weight is 516 g/mol. The third-order valence-electron chi connectivity index (χ3n) is 4.90. The van der Waals surface area contributed by atoms with Crippen LogP contribution in [0.4, 0.5) is 0 Å². The molecule has 0 aromatic heterocycles. The molecule has 0 saturated heterocycles. The summed E-state index contributed by atoms with van der Waals surface area (Å²) in [7, 11) is -2.18. The van der Waals surface area contributed by atoms with Crippen molar-refractivity contribution in [1.82, 2.24) is 15.4 Å². The molecular weight excluding hydrogens is 482 g/mol. The lowest BCUT2D eigenvalue weighted by atomic mass is 10.0. The molecular formula is C22H33N3O9S. The van der Waals surface area contributed by atoms with Gasteiger partial charge in [0.2, 0.25) is 15.9 Å². The molecule has 0 bridgehead atoms. The number of benzene rings is 1. The van der Waals surface area contributed by atoms with Crippen molar-refractivity contribution >= 4 is 33.8 Å². The number of carbonyl (C=O) groups excluding carboxylic acids is 4. The van der Waals surface area contributed by atoms with E-state index in [2.05, 4.69) is 20.1 Å². The Kier molecular flexibility index (Phi) is 11.3. The molecule has 0 heterocycles. The Morgan fingerprint density at radius 2 is 1.46 bits per heavy atom. The third-order valence-corrected chi connectivity index (χ3v) is 6.36. The van der Waals surface area contributed by atoms with Crippen LogP contribution < -0.4 is 15.4 Å². The summed E-state index contributed by atoms with van der Waals surface area (Å²) in [5.74, 6) is -4.02. The molecule has 13 heteroatoms. The summed E-state index contributed by atoms with van der Waals surface area (Å²) in [4.78, 5) is 49.2. The number of methoxy groups -OCH3 is 2. The number of sulfonamides is 1. The van der Waals surface area contributed by atoms with Crippen LogP contribution in [-0.2, 0) is 38.7 Å². The maximum Gasteiger partial charge on any atom is 0.328 e. The molecule has 0 radical (unpaired) electrons. The third kappa shape index (κ3) is 8.92. The predicted octanol–water partition coefficient (Wildman–Crippen LogP) is -0.616. The van der Waals surface area contributed by atoms with E-state index < -0.39 is 58.0 Å². The van der Waals surface area contributed by atoms with Gasteiger partial charge in [0.15, 0.2) is 6.10 Å². The van der Waals surface area contributed by atoms with E-state index in [1.807, 2.05) is 4.72 Å². The Bertz CT molecular complexity index is 1010. The highest BCUT2D eigenvalue weighted by Crippen LogP contribution is 2.13. The minimum Gasteiger partial charge on any atom is -0.467 e. The first-order valence-corrected chi connectivity index (χ1v) is 12.2. The van der Waals surface area contributed by atoms with Gasteiger partial charge in [-0.3, -0.25) is 9.59 Å². The van der Waals surface area contributed by atoms with E-state index in [1.165, 1.54) is 31.2 Å². The number of aryl methyl sites for hydroxylation is 1. The van der Waals surface area contributed by atoms with Crippen LogP contribution in [0, 0.1) is 12.8 Å². The zero-order valence-electron chi connectivity index (χ0n) is 20.5. The number of aliphatic hydroxyl groups is 1. The van der Waals surface area contributed by atoms with Crippen molar-refractivity contribution in [2.75, 3.05) is 14.2 Å². The quantitative estimate of drug-likeness (QED) is 0.264. The molecule has 0 unspecified atom stereocenters.